The molecule has 0 spiro atoms. The molecule has 168 valence electrons. The highest BCUT2D eigenvalue weighted by molar-refractivity contribution is 7.89. The summed E-state index contributed by atoms with van der Waals surface area (Å²) in [4.78, 5) is 14.2. The number of nitrogens with one attached hydrogen (secondary N) is 1. The molecule has 0 aliphatic carbocycles. The largest absolute Gasteiger partial charge is 0.466 e. The van der Waals surface area contributed by atoms with E-state index in [-0.39, 0.29) is 16.8 Å². The number of carbonyl (C=O) groups is 1. The normalized spacial score (nSPS) is 17.8. The minimum absolute atomic E-state index is 0.0112. The van der Waals surface area contributed by atoms with Gasteiger partial charge < -0.3 is 9.64 Å². The molecule has 1 heterocycles. The Morgan fingerprint density at radius 1 is 1.13 bits per heavy atom. The third-order valence-corrected chi connectivity index (χ3v) is 7.25. The van der Waals surface area contributed by atoms with Crippen molar-refractivity contribution in [1.82, 2.24) is 9.62 Å². The Balaban J connectivity index is 1.79. The number of carbonyl (C=O) groups excluding carboxylic acids is 1. The first-order valence-corrected chi connectivity index (χ1v) is 12.0. The summed E-state index contributed by atoms with van der Waals surface area (Å²) in [5.74, 6) is -0.769. The summed E-state index contributed by atoms with van der Waals surface area (Å²) in [5.41, 5.74) is -0.0844. The smallest absolute Gasteiger partial charge is 0.309 e. The average molecular weight is 449 g/mol. The Bertz CT molecular complexity index is 974. The van der Waals surface area contributed by atoms with Gasteiger partial charge in [-0.3, -0.25) is 4.79 Å². The highest BCUT2D eigenvalue weighted by Crippen LogP contribution is 2.28. The van der Waals surface area contributed by atoms with Gasteiger partial charge in [-0.25, -0.2) is 12.8 Å². The van der Waals surface area contributed by atoms with Gasteiger partial charge in [-0.1, -0.05) is 30.3 Å². The van der Waals surface area contributed by atoms with Crippen molar-refractivity contribution in [3.05, 3.63) is 66.0 Å². The van der Waals surface area contributed by atoms with E-state index in [9.17, 15) is 17.6 Å². The Morgan fingerprint density at radius 2 is 1.74 bits per heavy atom. The minimum atomic E-state index is -3.88. The number of esters is 1. The maximum absolute atomic E-state index is 13.3. The van der Waals surface area contributed by atoms with Crippen LogP contribution >= 0.6 is 0 Å². The molecule has 0 radical (unpaired) electrons. The van der Waals surface area contributed by atoms with Crippen LogP contribution in [-0.2, 0) is 25.1 Å². The summed E-state index contributed by atoms with van der Waals surface area (Å²) in [6.07, 6.45) is 1.35. The zero-order valence-electron chi connectivity index (χ0n) is 17.9. The molecule has 1 unspecified atom stereocenters. The molecular weight excluding hydrogens is 419 g/mol. The van der Waals surface area contributed by atoms with Gasteiger partial charge in [0.05, 0.1) is 23.0 Å². The Labute approximate surface area is 183 Å². The van der Waals surface area contributed by atoms with Gasteiger partial charge in [0.25, 0.3) is 0 Å². The van der Waals surface area contributed by atoms with E-state index in [2.05, 4.69) is 9.62 Å². The molecule has 3 rings (SSSR count). The fourth-order valence-corrected chi connectivity index (χ4v) is 5.38. The number of hydrogen-bond acceptors (Lipinski definition) is 5. The molecule has 1 N–H and O–H groups in total. The number of ether oxygens (including phenoxy) is 1. The maximum Gasteiger partial charge on any atom is 0.309 e. The fourth-order valence-electron chi connectivity index (χ4n) is 3.99. The lowest BCUT2D eigenvalue weighted by Crippen LogP contribution is -2.52. The van der Waals surface area contributed by atoms with Crippen molar-refractivity contribution in [2.45, 2.75) is 37.1 Å². The van der Waals surface area contributed by atoms with Gasteiger partial charge in [-0.15, -0.1) is 0 Å². The molecule has 6 nitrogen and oxygen atoms in total. The van der Waals surface area contributed by atoms with E-state index >= 15 is 0 Å². The van der Waals surface area contributed by atoms with Crippen LogP contribution < -0.4 is 4.72 Å². The van der Waals surface area contributed by atoms with Crippen LogP contribution in [0.3, 0.4) is 0 Å². The maximum atomic E-state index is 13.3. The molecule has 1 aliphatic heterocycles. The second-order valence-electron chi connectivity index (χ2n) is 8.06. The van der Waals surface area contributed by atoms with Crippen LogP contribution in [0.5, 0.6) is 0 Å². The van der Waals surface area contributed by atoms with E-state index in [0.29, 0.717) is 39.1 Å². The van der Waals surface area contributed by atoms with Gasteiger partial charge in [0.2, 0.25) is 10.0 Å². The summed E-state index contributed by atoms with van der Waals surface area (Å²) in [6.45, 7) is 5.80. The predicted octanol–water partition coefficient (Wildman–Crippen LogP) is 3.29. The quantitative estimate of drug-likeness (QED) is 0.627. The summed E-state index contributed by atoms with van der Waals surface area (Å²) >= 11 is 0. The van der Waals surface area contributed by atoms with Crippen LogP contribution in [0.15, 0.2) is 59.5 Å². The highest BCUT2D eigenvalue weighted by atomic mass is 32.2. The van der Waals surface area contributed by atoms with Gasteiger partial charge in [-0.05, 0) is 69.6 Å². The number of halogens is 1. The third kappa shape index (κ3) is 5.90. The molecule has 0 bridgehead atoms. The SMILES string of the molecule is CCOC(=O)C1CCN(CC(C)(NS(=O)(=O)c2ccc(F)cc2)c2ccccc2)CC1. The third-order valence-electron chi connectivity index (χ3n) is 5.64. The molecular formula is C23H29FN2O4S. The van der Waals surface area contributed by atoms with Crippen molar-refractivity contribution in [2.75, 3.05) is 26.2 Å². The van der Waals surface area contributed by atoms with E-state index in [0.717, 1.165) is 17.7 Å². The highest BCUT2D eigenvalue weighted by Gasteiger charge is 2.36. The first kappa shape index (κ1) is 23.4. The molecule has 1 fully saturated rings. The van der Waals surface area contributed by atoms with Crippen LogP contribution in [0.25, 0.3) is 0 Å². The molecule has 0 saturated carbocycles. The molecule has 1 aliphatic rings. The van der Waals surface area contributed by atoms with Crippen molar-refractivity contribution in [3.63, 3.8) is 0 Å². The van der Waals surface area contributed by atoms with Crippen molar-refractivity contribution in [2.24, 2.45) is 5.92 Å². The molecule has 2 aromatic rings. The van der Waals surface area contributed by atoms with E-state index in [1.54, 1.807) is 6.92 Å². The van der Waals surface area contributed by atoms with E-state index < -0.39 is 21.4 Å². The predicted molar refractivity (Wildman–Crippen MR) is 116 cm³/mol. The molecule has 2 aromatic carbocycles. The number of piperidine rings is 1. The summed E-state index contributed by atoms with van der Waals surface area (Å²) in [5, 5.41) is 0. The van der Waals surface area contributed by atoms with E-state index in [1.165, 1.54) is 12.1 Å². The number of rotatable bonds is 8. The van der Waals surface area contributed by atoms with Gasteiger partial charge >= 0.3 is 5.97 Å². The molecule has 31 heavy (non-hydrogen) atoms. The number of likely N-dealkylation sites (tertiary alicyclic amines) is 1. The number of sulfonamides is 1. The number of nitrogens with zero attached hydrogens (tertiary/aromatic N) is 1. The minimum Gasteiger partial charge on any atom is -0.466 e. The summed E-state index contributed by atoms with van der Waals surface area (Å²) in [7, 11) is -3.88. The second kappa shape index (κ2) is 9.89. The van der Waals surface area contributed by atoms with Crippen LogP contribution in [0, 0.1) is 11.7 Å². The zero-order valence-corrected chi connectivity index (χ0v) is 18.7. The van der Waals surface area contributed by atoms with Crippen LogP contribution in [0.2, 0.25) is 0 Å². The zero-order chi connectivity index (χ0) is 22.5. The summed E-state index contributed by atoms with van der Waals surface area (Å²) < 4.78 is 47.4. The van der Waals surface area contributed by atoms with Gasteiger partial charge in [-0.2, -0.15) is 4.72 Å². The van der Waals surface area contributed by atoms with Gasteiger partial charge in [0.1, 0.15) is 5.82 Å². The second-order valence-corrected chi connectivity index (χ2v) is 9.74. The van der Waals surface area contributed by atoms with Gasteiger partial charge in [0.15, 0.2) is 0 Å². The Hall–Kier alpha value is -2.29. The molecule has 0 aromatic heterocycles. The first-order valence-electron chi connectivity index (χ1n) is 10.5. The van der Waals surface area contributed by atoms with Crippen molar-refractivity contribution in [3.8, 4) is 0 Å². The number of hydrogen-bond donors (Lipinski definition) is 1. The van der Waals surface area contributed by atoms with Crippen molar-refractivity contribution < 1.29 is 22.3 Å². The molecule has 0 amide bonds. The Kier molecular flexibility index (Phi) is 7.46. The fraction of sp³-hybridized carbons (Fsp3) is 0.435. The van der Waals surface area contributed by atoms with Crippen LogP contribution in [-0.4, -0.2) is 45.5 Å². The molecule has 1 saturated heterocycles. The van der Waals surface area contributed by atoms with E-state index in [1.807, 2.05) is 37.3 Å². The first-order chi connectivity index (χ1) is 14.7. The Morgan fingerprint density at radius 3 is 2.32 bits per heavy atom. The van der Waals surface area contributed by atoms with Gasteiger partial charge in [0, 0.05) is 6.54 Å². The van der Waals surface area contributed by atoms with Crippen molar-refractivity contribution in [1.29, 1.82) is 0 Å². The van der Waals surface area contributed by atoms with Crippen LogP contribution in [0.4, 0.5) is 4.39 Å². The monoisotopic (exact) mass is 448 g/mol. The average Bonchev–Trinajstić information content (AvgIpc) is 2.75. The topological polar surface area (TPSA) is 75.7 Å². The lowest BCUT2D eigenvalue weighted by atomic mass is 9.90. The summed E-state index contributed by atoms with van der Waals surface area (Å²) in [6, 6.07) is 14.2. The van der Waals surface area contributed by atoms with Crippen LogP contribution in [0.1, 0.15) is 32.3 Å². The number of benzene rings is 2. The standard InChI is InChI=1S/C23H29FN2O4S/c1-3-30-22(27)18-13-15-26(16-14-18)17-23(2,19-7-5-4-6-8-19)25-31(28,29)21-11-9-20(24)10-12-21/h4-12,18,25H,3,13-17H2,1-2H3. The molecule has 8 heteroatoms. The molecule has 1 atom stereocenters. The van der Waals surface area contributed by atoms with Crippen molar-refractivity contribution >= 4 is 16.0 Å². The van der Waals surface area contributed by atoms with E-state index in [4.69, 9.17) is 4.74 Å². The lowest BCUT2D eigenvalue weighted by molar-refractivity contribution is -0.149. The lowest BCUT2D eigenvalue weighted by Gasteiger charge is -2.39.